The summed E-state index contributed by atoms with van der Waals surface area (Å²) >= 11 is 0. The number of urea groups is 1. The molecule has 1 fully saturated rings. The lowest BCUT2D eigenvalue weighted by molar-refractivity contribution is -0.126. The Morgan fingerprint density at radius 1 is 1.32 bits per heavy atom. The van der Waals surface area contributed by atoms with E-state index in [1.54, 1.807) is 14.0 Å². The average molecular weight is 262 g/mol. The van der Waals surface area contributed by atoms with Gasteiger partial charge in [0.15, 0.2) is 0 Å². The lowest BCUT2D eigenvalue weighted by atomic mass is 9.90. The molecule has 2 rings (SSSR count). The van der Waals surface area contributed by atoms with Crippen molar-refractivity contribution in [1.29, 1.82) is 0 Å². The lowest BCUT2D eigenvalue weighted by Crippen LogP contribution is -2.47. The van der Waals surface area contributed by atoms with E-state index in [4.69, 9.17) is 4.74 Å². The van der Waals surface area contributed by atoms with Gasteiger partial charge in [-0.05, 0) is 19.4 Å². The predicted molar refractivity (Wildman–Crippen MR) is 70.5 cm³/mol. The van der Waals surface area contributed by atoms with Crippen molar-refractivity contribution >= 4 is 11.9 Å². The minimum atomic E-state index is -0.981. The van der Waals surface area contributed by atoms with Gasteiger partial charge in [-0.3, -0.25) is 10.1 Å². The van der Waals surface area contributed by atoms with Crippen LogP contribution in [0.2, 0.25) is 0 Å². The van der Waals surface area contributed by atoms with Crippen molar-refractivity contribution in [3.05, 3.63) is 35.9 Å². The second-order valence-corrected chi connectivity index (χ2v) is 4.85. The van der Waals surface area contributed by atoms with Crippen LogP contribution in [0, 0.1) is 0 Å². The molecule has 0 bridgehead atoms. The third-order valence-electron chi connectivity index (χ3n) is 3.63. The number of hydrogen-bond acceptors (Lipinski definition) is 3. The van der Waals surface area contributed by atoms with Gasteiger partial charge in [0.05, 0.1) is 6.10 Å². The average Bonchev–Trinajstić information content (AvgIpc) is 2.64. The Morgan fingerprint density at radius 3 is 2.53 bits per heavy atom. The Labute approximate surface area is 112 Å². The van der Waals surface area contributed by atoms with Crippen molar-refractivity contribution in [3.63, 3.8) is 0 Å². The van der Waals surface area contributed by atoms with E-state index >= 15 is 0 Å². The number of nitrogens with one attached hydrogen (secondary N) is 1. The highest BCUT2D eigenvalue weighted by atomic mass is 16.5. The molecule has 1 N–H and O–H groups in total. The molecule has 1 heterocycles. The zero-order valence-electron chi connectivity index (χ0n) is 11.3. The monoisotopic (exact) mass is 262 g/mol. The summed E-state index contributed by atoms with van der Waals surface area (Å²) in [6, 6.07) is 8.92. The summed E-state index contributed by atoms with van der Waals surface area (Å²) in [5.74, 6) is -0.299. The molecule has 1 aromatic carbocycles. The number of hydrogen-bond donors (Lipinski definition) is 1. The fraction of sp³-hybridized carbons (Fsp3) is 0.429. The molecule has 5 nitrogen and oxygen atoms in total. The largest absolute Gasteiger partial charge is 0.380 e. The van der Waals surface area contributed by atoms with Crippen molar-refractivity contribution in [2.45, 2.75) is 25.5 Å². The van der Waals surface area contributed by atoms with Crippen molar-refractivity contribution in [1.82, 2.24) is 10.2 Å². The molecule has 2 unspecified atom stereocenters. The third-order valence-corrected chi connectivity index (χ3v) is 3.63. The van der Waals surface area contributed by atoms with Crippen LogP contribution in [0.5, 0.6) is 0 Å². The molecular formula is C14H18N2O3. The number of imide groups is 1. The van der Waals surface area contributed by atoms with E-state index < -0.39 is 5.54 Å². The molecule has 1 aromatic rings. The zero-order chi connectivity index (χ0) is 14.0. The summed E-state index contributed by atoms with van der Waals surface area (Å²) in [7, 11) is 1.58. The van der Waals surface area contributed by atoms with E-state index in [1.807, 2.05) is 37.3 Å². The molecule has 5 heteroatoms. The second-order valence-electron chi connectivity index (χ2n) is 4.85. The van der Waals surface area contributed by atoms with Crippen LogP contribution in [0.25, 0.3) is 0 Å². The number of nitrogens with zero attached hydrogens (tertiary/aromatic N) is 1. The number of carbonyl (C=O) groups excluding carboxylic acids is 2. The maximum Gasteiger partial charge on any atom is 0.325 e. The highest BCUT2D eigenvalue weighted by Crippen LogP contribution is 2.32. The first kappa shape index (κ1) is 13.5. The molecule has 0 aromatic heterocycles. The van der Waals surface area contributed by atoms with Gasteiger partial charge in [-0.15, -0.1) is 0 Å². The number of benzene rings is 1. The lowest BCUT2D eigenvalue weighted by Gasteiger charge is -2.33. The predicted octanol–water partition coefficient (Wildman–Crippen LogP) is 1.49. The third kappa shape index (κ3) is 2.21. The van der Waals surface area contributed by atoms with E-state index in [1.165, 1.54) is 4.90 Å². The van der Waals surface area contributed by atoms with Crippen LogP contribution in [-0.2, 0) is 15.1 Å². The van der Waals surface area contributed by atoms with Crippen LogP contribution in [-0.4, -0.2) is 36.6 Å². The zero-order valence-corrected chi connectivity index (χ0v) is 11.3. The Balaban J connectivity index is 2.39. The molecule has 1 aliphatic rings. The Morgan fingerprint density at radius 2 is 1.95 bits per heavy atom. The molecule has 1 saturated heterocycles. The first-order valence-corrected chi connectivity index (χ1v) is 6.21. The maximum atomic E-state index is 12.2. The summed E-state index contributed by atoms with van der Waals surface area (Å²) in [6.45, 7) is 3.98. The smallest absolute Gasteiger partial charge is 0.325 e. The number of amides is 3. The van der Waals surface area contributed by atoms with E-state index in [2.05, 4.69) is 5.32 Å². The van der Waals surface area contributed by atoms with Gasteiger partial charge in [-0.25, -0.2) is 4.79 Å². The van der Waals surface area contributed by atoms with Crippen molar-refractivity contribution in [2.75, 3.05) is 13.7 Å². The van der Waals surface area contributed by atoms with Crippen molar-refractivity contribution in [2.24, 2.45) is 0 Å². The topological polar surface area (TPSA) is 58.6 Å². The van der Waals surface area contributed by atoms with Gasteiger partial charge in [0.25, 0.3) is 5.91 Å². The van der Waals surface area contributed by atoms with Crippen LogP contribution >= 0.6 is 0 Å². The summed E-state index contributed by atoms with van der Waals surface area (Å²) in [4.78, 5) is 25.7. The van der Waals surface area contributed by atoms with E-state index in [0.29, 0.717) is 6.54 Å². The maximum absolute atomic E-state index is 12.2. The summed E-state index contributed by atoms with van der Waals surface area (Å²) in [6.07, 6.45) is -0.139. The van der Waals surface area contributed by atoms with Gasteiger partial charge in [0.1, 0.15) is 5.54 Å². The Bertz CT molecular complexity index is 489. The number of methoxy groups -OCH3 is 1. The van der Waals surface area contributed by atoms with Gasteiger partial charge in [-0.2, -0.15) is 0 Å². The van der Waals surface area contributed by atoms with Gasteiger partial charge in [0, 0.05) is 13.7 Å². The molecule has 0 aliphatic carbocycles. The quantitative estimate of drug-likeness (QED) is 0.836. The normalized spacial score (nSPS) is 24.5. The summed E-state index contributed by atoms with van der Waals surface area (Å²) in [5, 5.41) is 2.38. The fourth-order valence-electron chi connectivity index (χ4n) is 2.26. The van der Waals surface area contributed by atoms with Gasteiger partial charge >= 0.3 is 6.03 Å². The van der Waals surface area contributed by atoms with Crippen LogP contribution in [0.15, 0.2) is 30.3 Å². The highest BCUT2D eigenvalue weighted by molar-refractivity contribution is 6.07. The van der Waals surface area contributed by atoms with E-state index in [-0.39, 0.29) is 18.0 Å². The number of carbonyl (C=O) groups is 2. The number of rotatable bonds is 4. The SMILES string of the molecule is COC(C)CN1C(=O)NC(=O)C1(C)c1ccccc1. The van der Waals surface area contributed by atoms with Crippen LogP contribution in [0.1, 0.15) is 19.4 Å². The standard InChI is InChI=1S/C14H18N2O3/c1-10(19-3)9-16-13(18)15-12(17)14(16,2)11-7-5-4-6-8-11/h4-8,10H,9H2,1-3H3,(H,15,17,18). The van der Waals surface area contributed by atoms with E-state index in [9.17, 15) is 9.59 Å². The molecule has 0 spiro atoms. The molecule has 0 saturated carbocycles. The van der Waals surface area contributed by atoms with Crippen LogP contribution < -0.4 is 5.32 Å². The highest BCUT2D eigenvalue weighted by Gasteiger charge is 2.50. The molecule has 0 radical (unpaired) electrons. The Hall–Kier alpha value is -1.88. The Kier molecular flexibility index (Phi) is 3.57. The van der Waals surface area contributed by atoms with Crippen LogP contribution in [0.4, 0.5) is 4.79 Å². The molecule has 1 aliphatic heterocycles. The van der Waals surface area contributed by atoms with Crippen molar-refractivity contribution < 1.29 is 14.3 Å². The van der Waals surface area contributed by atoms with E-state index in [0.717, 1.165) is 5.56 Å². The minimum absolute atomic E-state index is 0.139. The molecular weight excluding hydrogens is 244 g/mol. The molecule has 102 valence electrons. The fourth-order valence-corrected chi connectivity index (χ4v) is 2.26. The molecule has 2 atom stereocenters. The van der Waals surface area contributed by atoms with Gasteiger partial charge < -0.3 is 9.64 Å². The van der Waals surface area contributed by atoms with Crippen molar-refractivity contribution in [3.8, 4) is 0 Å². The number of ether oxygens (including phenoxy) is 1. The second kappa shape index (κ2) is 5.01. The first-order valence-electron chi connectivity index (χ1n) is 6.21. The molecule has 3 amide bonds. The van der Waals surface area contributed by atoms with Gasteiger partial charge in [0.2, 0.25) is 0 Å². The summed E-state index contributed by atoms with van der Waals surface area (Å²) in [5.41, 5.74) is -0.188. The molecule has 19 heavy (non-hydrogen) atoms. The van der Waals surface area contributed by atoms with Gasteiger partial charge in [-0.1, -0.05) is 30.3 Å². The van der Waals surface area contributed by atoms with Crippen LogP contribution in [0.3, 0.4) is 0 Å². The summed E-state index contributed by atoms with van der Waals surface area (Å²) < 4.78 is 5.19. The minimum Gasteiger partial charge on any atom is -0.380 e. The first-order chi connectivity index (χ1) is 9.00.